The Balaban J connectivity index is 2.02. The van der Waals surface area contributed by atoms with Gasteiger partial charge in [0.15, 0.2) is 0 Å². The molecular weight excluding hydrogens is 442 g/mol. The molecule has 0 bridgehead atoms. The number of carbonyl (C=O) groups is 1. The summed E-state index contributed by atoms with van der Waals surface area (Å²) in [5.41, 5.74) is 2.15. The van der Waals surface area contributed by atoms with Gasteiger partial charge in [0.05, 0.1) is 13.2 Å². The molecular formula is C24H37N3O5S. The van der Waals surface area contributed by atoms with E-state index in [1.807, 2.05) is 32.9 Å². The fraction of sp³-hybridized carbons (Fsp3) is 0.625. The minimum atomic E-state index is -3.88. The third-order valence-electron chi connectivity index (χ3n) is 6.29. The Morgan fingerprint density at radius 1 is 1.33 bits per heavy atom. The smallest absolute Gasteiger partial charge is 0.317 e. The number of carbonyl (C=O) groups excluding carboxylic acids is 1. The number of hydrogen-bond acceptors (Lipinski definition) is 5. The van der Waals surface area contributed by atoms with Crippen LogP contribution in [0, 0.1) is 5.92 Å². The molecule has 0 saturated carbocycles. The molecule has 1 aromatic carbocycles. The van der Waals surface area contributed by atoms with Gasteiger partial charge >= 0.3 is 6.03 Å². The van der Waals surface area contributed by atoms with E-state index in [2.05, 4.69) is 11.4 Å². The maximum Gasteiger partial charge on any atom is 0.317 e. The Kier molecular flexibility index (Phi) is 8.08. The lowest BCUT2D eigenvalue weighted by atomic mass is 10.0. The summed E-state index contributed by atoms with van der Waals surface area (Å²) >= 11 is 0. The van der Waals surface area contributed by atoms with E-state index in [0.29, 0.717) is 12.3 Å². The van der Waals surface area contributed by atoms with Crippen LogP contribution in [0.15, 0.2) is 29.2 Å². The molecule has 2 amide bonds. The maximum atomic E-state index is 13.6. The first-order valence-corrected chi connectivity index (χ1v) is 13.1. The van der Waals surface area contributed by atoms with Crippen LogP contribution in [0.4, 0.5) is 4.79 Å². The molecule has 3 rings (SSSR count). The molecule has 9 heteroatoms. The Morgan fingerprint density at radius 3 is 2.67 bits per heavy atom. The molecule has 1 aliphatic carbocycles. The summed E-state index contributed by atoms with van der Waals surface area (Å²) in [5, 5.41) is 12.6. The second-order valence-corrected chi connectivity index (χ2v) is 11.4. The van der Waals surface area contributed by atoms with Crippen molar-refractivity contribution in [3.8, 4) is 5.75 Å². The number of likely N-dealkylation sites (N-methyl/N-ethyl adjacent to an activating group) is 1. The van der Waals surface area contributed by atoms with Crippen LogP contribution in [-0.4, -0.2) is 73.7 Å². The third-order valence-corrected chi connectivity index (χ3v) is 8.31. The van der Waals surface area contributed by atoms with Crippen molar-refractivity contribution in [2.24, 2.45) is 5.92 Å². The number of nitrogens with zero attached hydrogens (tertiary/aromatic N) is 2. The van der Waals surface area contributed by atoms with E-state index in [-0.39, 0.29) is 36.0 Å². The van der Waals surface area contributed by atoms with Crippen molar-refractivity contribution < 1.29 is 23.1 Å². The lowest BCUT2D eigenvalue weighted by Gasteiger charge is -2.37. The van der Waals surface area contributed by atoms with Crippen molar-refractivity contribution in [2.45, 2.75) is 70.0 Å². The van der Waals surface area contributed by atoms with Gasteiger partial charge in [-0.05, 0) is 63.3 Å². The van der Waals surface area contributed by atoms with Crippen molar-refractivity contribution >= 4 is 21.6 Å². The van der Waals surface area contributed by atoms with Crippen molar-refractivity contribution in [2.75, 3.05) is 26.7 Å². The fourth-order valence-corrected chi connectivity index (χ4v) is 6.11. The SMILES string of the molecule is CC(C)NC(=O)N(C)C[C@@H]1Oc2cc(C3=CCCC3)ccc2S(=O)(=O)N([C@@H](C)CO)C[C@H]1C. The number of allylic oxidation sites excluding steroid dienone is 2. The molecule has 1 aromatic rings. The van der Waals surface area contributed by atoms with Gasteiger partial charge in [0.25, 0.3) is 0 Å². The predicted octanol–water partition coefficient (Wildman–Crippen LogP) is 3.07. The quantitative estimate of drug-likeness (QED) is 0.653. The van der Waals surface area contributed by atoms with Gasteiger partial charge in [0, 0.05) is 31.6 Å². The molecule has 3 atom stereocenters. The van der Waals surface area contributed by atoms with Gasteiger partial charge < -0.3 is 20.1 Å². The summed E-state index contributed by atoms with van der Waals surface area (Å²) in [6.45, 7) is 7.61. The first-order valence-electron chi connectivity index (χ1n) is 11.7. The zero-order chi connectivity index (χ0) is 24.3. The van der Waals surface area contributed by atoms with Crippen LogP contribution in [0.25, 0.3) is 5.57 Å². The molecule has 33 heavy (non-hydrogen) atoms. The molecule has 0 fully saturated rings. The van der Waals surface area contributed by atoms with Crippen LogP contribution in [0.5, 0.6) is 5.75 Å². The fourth-order valence-electron chi connectivity index (χ4n) is 4.29. The van der Waals surface area contributed by atoms with Crippen LogP contribution in [0.1, 0.15) is 52.5 Å². The van der Waals surface area contributed by atoms with E-state index in [1.54, 1.807) is 24.9 Å². The van der Waals surface area contributed by atoms with Crippen molar-refractivity contribution in [3.63, 3.8) is 0 Å². The molecule has 2 aliphatic rings. The number of nitrogens with one attached hydrogen (secondary N) is 1. The van der Waals surface area contributed by atoms with Crippen molar-refractivity contribution in [1.82, 2.24) is 14.5 Å². The second-order valence-electron chi connectivity index (χ2n) is 9.51. The zero-order valence-corrected chi connectivity index (χ0v) is 21.1. The monoisotopic (exact) mass is 479 g/mol. The number of amides is 2. The van der Waals surface area contributed by atoms with Crippen molar-refractivity contribution in [3.05, 3.63) is 29.8 Å². The van der Waals surface area contributed by atoms with Gasteiger partial charge in [-0.2, -0.15) is 4.31 Å². The molecule has 0 unspecified atom stereocenters. The van der Waals surface area contributed by atoms with Gasteiger partial charge in [-0.15, -0.1) is 0 Å². The van der Waals surface area contributed by atoms with Crippen LogP contribution < -0.4 is 10.1 Å². The summed E-state index contributed by atoms with van der Waals surface area (Å²) in [4.78, 5) is 14.2. The molecule has 0 spiro atoms. The highest BCUT2D eigenvalue weighted by Crippen LogP contribution is 2.37. The predicted molar refractivity (Wildman–Crippen MR) is 129 cm³/mol. The van der Waals surface area contributed by atoms with E-state index >= 15 is 0 Å². The highest BCUT2D eigenvalue weighted by Gasteiger charge is 2.38. The van der Waals surface area contributed by atoms with Gasteiger partial charge in [0.2, 0.25) is 10.0 Å². The molecule has 0 radical (unpaired) electrons. The first-order chi connectivity index (χ1) is 15.5. The number of sulfonamides is 1. The molecule has 1 aliphatic heterocycles. The van der Waals surface area contributed by atoms with Crippen LogP contribution >= 0.6 is 0 Å². The summed E-state index contributed by atoms with van der Waals surface area (Å²) in [6.07, 6.45) is 4.81. The molecule has 0 saturated heterocycles. The largest absolute Gasteiger partial charge is 0.487 e. The summed E-state index contributed by atoms with van der Waals surface area (Å²) in [6, 6.07) is 4.47. The second kappa shape index (κ2) is 10.4. The summed E-state index contributed by atoms with van der Waals surface area (Å²) in [5.74, 6) is 0.0789. The van der Waals surface area contributed by atoms with Crippen LogP contribution in [0.2, 0.25) is 0 Å². The highest BCUT2D eigenvalue weighted by atomic mass is 32.2. The molecule has 1 heterocycles. The summed E-state index contributed by atoms with van der Waals surface area (Å²) in [7, 11) is -2.17. The maximum absolute atomic E-state index is 13.6. The van der Waals surface area contributed by atoms with Crippen LogP contribution in [-0.2, 0) is 10.0 Å². The molecule has 0 aromatic heterocycles. The number of fused-ring (bicyclic) bond motifs is 1. The molecule has 2 N–H and O–H groups in total. The molecule has 8 nitrogen and oxygen atoms in total. The van der Waals surface area contributed by atoms with Gasteiger partial charge in [-0.25, -0.2) is 13.2 Å². The average molecular weight is 480 g/mol. The lowest BCUT2D eigenvalue weighted by molar-refractivity contribution is 0.0809. The van der Waals surface area contributed by atoms with E-state index < -0.39 is 22.2 Å². The zero-order valence-electron chi connectivity index (χ0n) is 20.2. The number of aliphatic hydroxyl groups is 1. The number of benzene rings is 1. The minimum Gasteiger partial charge on any atom is -0.487 e. The number of rotatable bonds is 6. The molecule has 184 valence electrons. The van der Waals surface area contributed by atoms with Gasteiger partial charge in [-0.3, -0.25) is 0 Å². The first kappa shape index (κ1) is 25.5. The number of urea groups is 1. The van der Waals surface area contributed by atoms with E-state index in [4.69, 9.17) is 4.74 Å². The Morgan fingerprint density at radius 2 is 2.06 bits per heavy atom. The Bertz CT molecular complexity index is 992. The standard InChI is InChI=1S/C24H37N3O5S/c1-16(2)25-24(29)26(5)14-22-17(3)13-27(18(4)15-28)33(30,31)23-11-10-20(12-21(23)32-22)19-8-6-7-9-19/h8,10-12,16-18,22,28H,6-7,9,13-15H2,1-5H3,(H,25,29)/t17-,18+,22+/m1/s1. The number of ether oxygens (including phenoxy) is 1. The lowest BCUT2D eigenvalue weighted by Crippen LogP contribution is -2.51. The van der Waals surface area contributed by atoms with Crippen molar-refractivity contribution in [1.29, 1.82) is 0 Å². The van der Waals surface area contributed by atoms with E-state index in [0.717, 1.165) is 24.8 Å². The Labute approximate surface area is 197 Å². The summed E-state index contributed by atoms with van der Waals surface area (Å²) < 4.78 is 34.8. The van der Waals surface area contributed by atoms with Gasteiger partial charge in [-0.1, -0.05) is 19.1 Å². The highest BCUT2D eigenvalue weighted by molar-refractivity contribution is 7.89. The topological polar surface area (TPSA) is 99.2 Å². The average Bonchev–Trinajstić information content (AvgIpc) is 3.29. The van der Waals surface area contributed by atoms with Crippen LogP contribution in [0.3, 0.4) is 0 Å². The van der Waals surface area contributed by atoms with E-state index in [9.17, 15) is 18.3 Å². The normalized spacial score (nSPS) is 23.7. The number of hydrogen-bond donors (Lipinski definition) is 2. The van der Waals surface area contributed by atoms with Gasteiger partial charge in [0.1, 0.15) is 16.7 Å². The third kappa shape index (κ3) is 5.70. The number of aliphatic hydroxyl groups excluding tert-OH is 1. The minimum absolute atomic E-state index is 0.00429. The van der Waals surface area contributed by atoms with E-state index in [1.165, 1.54) is 9.88 Å². The Hall–Kier alpha value is -2.10.